The first-order valence-electron chi connectivity index (χ1n) is 3.81. The third kappa shape index (κ3) is 2.75. The van der Waals surface area contributed by atoms with E-state index in [9.17, 15) is 5.21 Å². The van der Waals surface area contributed by atoms with Gasteiger partial charge in [-0.15, -0.1) is 4.65 Å². The maximum atomic E-state index is 9.55. The molecule has 0 heterocycles. The van der Waals surface area contributed by atoms with Gasteiger partial charge in [-0.1, -0.05) is 0 Å². The van der Waals surface area contributed by atoms with Crippen molar-refractivity contribution in [1.82, 2.24) is 0 Å². The Morgan fingerprint density at radius 1 is 1.45 bits per heavy atom. The third-order valence-corrected chi connectivity index (χ3v) is 1.90. The molecule has 3 atom stereocenters. The molecule has 4 heteroatoms. The van der Waals surface area contributed by atoms with E-state index >= 15 is 0 Å². The first-order valence-corrected chi connectivity index (χ1v) is 3.81. The second-order valence-electron chi connectivity index (χ2n) is 2.78. The standard InChI is InChI=1S/C7H18NO3/c1-5-11-7(3)8(4,10)6(2)9/h6-7,9-10H,5H2,1-4H3/q+1. The molecule has 0 aromatic heterocycles. The molecule has 0 radical (unpaired) electrons. The van der Waals surface area contributed by atoms with Crippen LogP contribution in [0.15, 0.2) is 0 Å². The number of ether oxygens (including phenoxy) is 1. The summed E-state index contributed by atoms with van der Waals surface area (Å²) in [5.41, 5.74) is 0. The Labute approximate surface area is 67.6 Å². The first-order chi connectivity index (χ1) is 4.92. The van der Waals surface area contributed by atoms with Crippen molar-refractivity contribution in [2.45, 2.75) is 33.2 Å². The van der Waals surface area contributed by atoms with Crippen molar-refractivity contribution in [1.29, 1.82) is 0 Å². The molecule has 0 spiro atoms. The number of hydrogen-bond donors (Lipinski definition) is 2. The maximum absolute atomic E-state index is 9.55. The van der Waals surface area contributed by atoms with E-state index in [1.807, 2.05) is 6.92 Å². The zero-order valence-electron chi connectivity index (χ0n) is 7.61. The number of aliphatic hydroxyl groups excluding tert-OH is 1. The molecule has 0 aliphatic heterocycles. The Hall–Kier alpha value is -0.160. The summed E-state index contributed by atoms with van der Waals surface area (Å²) in [6, 6.07) is 0. The molecule has 0 fully saturated rings. The summed E-state index contributed by atoms with van der Waals surface area (Å²) in [4.78, 5) is 0. The van der Waals surface area contributed by atoms with Crippen molar-refractivity contribution < 1.29 is 19.7 Å². The zero-order chi connectivity index (χ0) is 9.07. The smallest absolute Gasteiger partial charge is 0.221 e. The molecule has 0 amide bonds. The molecule has 4 nitrogen and oxygen atoms in total. The van der Waals surface area contributed by atoms with Gasteiger partial charge in [-0.25, -0.2) is 5.21 Å². The van der Waals surface area contributed by atoms with Gasteiger partial charge in [-0.3, -0.25) is 0 Å². The molecule has 0 aliphatic carbocycles. The van der Waals surface area contributed by atoms with Crippen molar-refractivity contribution >= 4 is 0 Å². The SMILES string of the molecule is CCOC(C)[N+](C)(O)C(C)O. The van der Waals surface area contributed by atoms with Crippen LogP contribution in [0.5, 0.6) is 0 Å². The number of rotatable bonds is 4. The van der Waals surface area contributed by atoms with E-state index in [-0.39, 0.29) is 0 Å². The fraction of sp³-hybridized carbons (Fsp3) is 1.00. The van der Waals surface area contributed by atoms with Gasteiger partial charge in [0.2, 0.25) is 12.5 Å². The van der Waals surface area contributed by atoms with Crippen LogP contribution < -0.4 is 0 Å². The molecule has 2 N–H and O–H groups in total. The van der Waals surface area contributed by atoms with Crippen molar-refractivity contribution in [3.8, 4) is 0 Å². The Kier molecular flexibility index (Phi) is 3.96. The number of nitrogens with zero attached hydrogens (tertiary/aromatic N) is 1. The fourth-order valence-electron chi connectivity index (χ4n) is 0.696. The number of quaternary nitrogens is 1. The van der Waals surface area contributed by atoms with E-state index < -0.39 is 17.1 Å². The summed E-state index contributed by atoms with van der Waals surface area (Å²) in [6.45, 7) is 5.62. The van der Waals surface area contributed by atoms with Crippen LogP contribution >= 0.6 is 0 Å². The van der Waals surface area contributed by atoms with Gasteiger partial charge in [0.15, 0.2) is 0 Å². The highest BCUT2D eigenvalue weighted by Crippen LogP contribution is 2.10. The Morgan fingerprint density at radius 2 is 1.91 bits per heavy atom. The quantitative estimate of drug-likeness (QED) is 0.362. The molecule has 0 aliphatic rings. The van der Waals surface area contributed by atoms with E-state index in [1.54, 1.807) is 6.92 Å². The molecular formula is C7H18NO3+. The molecule has 0 saturated heterocycles. The molecule has 0 aromatic rings. The predicted molar refractivity (Wildman–Crippen MR) is 40.7 cm³/mol. The number of hydrogen-bond acceptors (Lipinski definition) is 3. The summed E-state index contributed by atoms with van der Waals surface area (Å²) in [7, 11) is 1.50. The van der Waals surface area contributed by atoms with Gasteiger partial charge in [-0.2, -0.15) is 0 Å². The predicted octanol–water partition coefficient (Wildman–Crippen LogP) is 0.543. The minimum absolute atomic E-state index is 0.403. The van der Waals surface area contributed by atoms with Crippen LogP contribution in [0, 0.1) is 0 Å². The minimum Gasteiger partial charge on any atom is -0.343 e. The third-order valence-electron chi connectivity index (χ3n) is 1.90. The molecule has 11 heavy (non-hydrogen) atoms. The maximum Gasteiger partial charge on any atom is 0.221 e. The summed E-state index contributed by atoms with van der Waals surface area (Å²) in [5.74, 6) is 0. The second-order valence-corrected chi connectivity index (χ2v) is 2.78. The lowest BCUT2D eigenvalue weighted by Crippen LogP contribution is -2.55. The van der Waals surface area contributed by atoms with Gasteiger partial charge < -0.3 is 9.84 Å². The second kappa shape index (κ2) is 4.01. The van der Waals surface area contributed by atoms with E-state index in [1.165, 1.54) is 14.0 Å². The lowest BCUT2D eigenvalue weighted by atomic mass is 10.4. The van der Waals surface area contributed by atoms with E-state index in [4.69, 9.17) is 9.84 Å². The highest BCUT2D eigenvalue weighted by molar-refractivity contribution is 4.31. The van der Waals surface area contributed by atoms with Gasteiger partial charge in [-0.05, 0) is 6.92 Å². The van der Waals surface area contributed by atoms with Crippen LogP contribution in [0.2, 0.25) is 0 Å². The Bertz CT molecular complexity index is 114. The summed E-state index contributed by atoms with van der Waals surface area (Å²) in [6.07, 6.45) is -1.24. The zero-order valence-corrected chi connectivity index (χ0v) is 7.61. The fourth-order valence-corrected chi connectivity index (χ4v) is 0.696. The normalized spacial score (nSPS) is 22.4. The van der Waals surface area contributed by atoms with E-state index in [0.717, 1.165) is 0 Å². The largest absolute Gasteiger partial charge is 0.343 e. The summed E-state index contributed by atoms with van der Waals surface area (Å²) in [5, 5.41) is 18.7. The van der Waals surface area contributed by atoms with Crippen molar-refractivity contribution in [3.05, 3.63) is 0 Å². The van der Waals surface area contributed by atoms with Crippen LogP contribution in [0.1, 0.15) is 20.8 Å². The summed E-state index contributed by atoms with van der Waals surface area (Å²) >= 11 is 0. The molecule has 0 bridgehead atoms. The molecule has 0 aromatic carbocycles. The van der Waals surface area contributed by atoms with Crippen LogP contribution in [0.25, 0.3) is 0 Å². The Morgan fingerprint density at radius 3 is 2.18 bits per heavy atom. The highest BCUT2D eigenvalue weighted by Gasteiger charge is 2.33. The molecule has 0 saturated carbocycles. The van der Waals surface area contributed by atoms with Crippen LogP contribution in [-0.2, 0) is 4.74 Å². The van der Waals surface area contributed by atoms with Crippen molar-refractivity contribution in [2.24, 2.45) is 0 Å². The average Bonchev–Trinajstić information content (AvgIpc) is 1.88. The van der Waals surface area contributed by atoms with Crippen molar-refractivity contribution in [2.75, 3.05) is 13.7 Å². The lowest BCUT2D eigenvalue weighted by Gasteiger charge is -2.33. The number of aliphatic hydroxyl groups is 1. The monoisotopic (exact) mass is 164 g/mol. The van der Waals surface area contributed by atoms with Crippen LogP contribution in [-0.4, -0.2) is 41.1 Å². The van der Waals surface area contributed by atoms with Gasteiger partial charge in [0, 0.05) is 13.8 Å². The highest BCUT2D eigenvalue weighted by atomic mass is 16.6. The van der Waals surface area contributed by atoms with Gasteiger partial charge in [0.25, 0.3) is 0 Å². The lowest BCUT2D eigenvalue weighted by molar-refractivity contribution is -1.15. The first kappa shape index (κ1) is 10.8. The molecular weight excluding hydrogens is 146 g/mol. The average molecular weight is 164 g/mol. The van der Waals surface area contributed by atoms with Crippen LogP contribution in [0.3, 0.4) is 0 Å². The minimum atomic E-state index is -0.837. The summed E-state index contributed by atoms with van der Waals surface area (Å²) < 4.78 is 4.61. The van der Waals surface area contributed by atoms with Gasteiger partial charge in [0.1, 0.15) is 7.05 Å². The molecule has 68 valence electrons. The topological polar surface area (TPSA) is 49.7 Å². The van der Waals surface area contributed by atoms with E-state index in [2.05, 4.69) is 0 Å². The molecule has 3 unspecified atom stereocenters. The van der Waals surface area contributed by atoms with Gasteiger partial charge >= 0.3 is 0 Å². The van der Waals surface area contributed by atoms with Crippen molar-refractivity contribution in [3.63, 3.8) is 0 Å². The van der Waals surface area contributed by atoms with Crippen LogP contribution in [0.4, 0.5) is 0 Å². The van der Waals surface area contributed by atoms with Gasteiger partial charge in [0.05, 0.1) is 6.61 Å². The van der Waals surface area contributed by atoms with E-state index in [0.29, 0.717) is 6.61 Å². The Balaban J connectivity index is 4.05. The number of hydroxylamine groups is 3. The molecule has 0 rings (SSSR count).